The van der Waals surface area contributed by atoms with Crippen molar-refractivity contribution in [2.45, 2.75) is 18.8 Å². The average Bonchev–Trinajstić information content (AvgIpc) is 2.54. The highest BCUT2D eigenvalue weighted by Crippen LogP contribution is 2.31. The van der Waals surface area contributed by atoms with Crippen molar-refractivity contribution in [3.8, 4) is 0 Å². The van der Waals surface area contributed by atoms with Crippen molar-refractivity contribution >= 4 is 11.6 Å². The molecule has 2 heteroatoms. The highest BCUT2D eigenvalue weighted by molar-refractivity contribution is 6.30. The van der Waals surface area contributed by atoms with Crippen LogP contribution in [0.3, 0.4) is 0 Å². The Morgan fingerprint density at radius 1 is 1.46 bits per heavy atom. The van der Waals surface area contributed by atoms with Crippen molar-refractivity contribution in [3.05, 3.63) is 34.9 Å². The predicted octanol–water partition coefficient (Wildman–Crippen LogP) is 2.59. The third kappa shape index (κ3) is 1.72. The van der Waals surface area contributed by atoms with Crippen LogP contribution in [0.5, 0.6) is 0 Å². The molecule has 70 valence electrons. The van der Waals surface area contributed by atoms with Crippen LogP contribution < -0.4 is 5.32 Å². The van der Waals surface area contributed by atoms with Crippen molar-refractivity contribution in [2.75, 3.05) is 13.1 Å². The van der Waals surface area contributed by atoms with E-state index in [0.717, 1.165) is 18.1 Å². The summed E-state index contributed by atoms with van der Waals surface area (Å²) in [6.07, 6.45) is 1.20. The summed E-state index contributed by atoms with van der Waals surface area (Å²) in [4.78, 5) is 0. The van der Waals surface area contributed by atoms with Gasteiger partial charge >= 0.3 is 0 Å². The molecule has 1 N–H and O–H groups in total. The van der Waals surface area contributed by atoms with Gasteiger partial charge < -0.3 is 5.32 Å². The van der Waals surface area contributed by atoms with Crippen LogP contribution in [0, 0.1) is 0 Å². The average molecular weight is 196 g/mol. The van der Waals surface area contributed by atoms with Crippen LogP contribution in [0.25, 0.3) is 0 Å². The van der Waals surface area contributed by atoms with Gasteiger partial charge in [-0.2, -0.15) is 0 Å². The molecule has 0 aliphatic carbocycles. The molecule has 1 heterocycles. The lowest BCUT2D eigenvalue weighted by Crippen LogP contribution is -2.24. The largest absolute Gasteiger partial charge is 0.316 e. The minimum Gasteiger partial charge on any atom is -0.316 e. The fourth-order valence-electron chi connectivity index (χ4n) is 1.93. The molecule has 1 atom stereocenters. The van der Waals surface area contributed by atoms with E-state index < -0.39 is 0 Å². The molecule has 0 amide bonds. The molecule has 0 saturated carbocycles. The van der Waals surface area contributed by atoms with E-state index in [1.807, 2.05) is 12.1 Å². The van der Waals surface area contributed by atoms with Gasteiger partial charge in [-0.05, 0) is 30.7 Å². The van der Waals surface area contributed by atoms with Gasteiger partial charge in [-0.25, -0.2) is 0 Å². The lowest BCUT2D eigenvalue weighted by Gasteiger charge is -2.23. The van der Waals surface area contributed by atoms with Crippen molar-refractivity contribution in [3.63, 3.8) is 0 Å². The summed E-state index contributed by atoms with van der Waals surface area (Å²) < 4.78 is 0. The molecule has 0 spiro atoms. The second-order valence-corrected chi connectivity index (χ2v) is 4.43. The van der Waals surface area contributed by atoms with E-state index in [2.05, 4.69) is 24.4 Å². The second kappa shape index (κ2) is 3.32. The number of hydrogen-bond donors (Lipinski definition) is 1. The molecule has 13 heavy (non-hydrogen) atoms. The zero-order valence-electron chi connectivity index (χ0n) is 7.81. The number of rotatable bonds is 1. The predicted molar refractivity (Wildman–Crippen MR) is 56.3 cm³/mol. The van der Waals surface area contributed by atoms with Crippen LogP contribution in [0.1, 0.15) is 18.9 Å². The smallest absolute Gasteiger partial charge is 0.0408 e. The van der Waals surface area contributed by atoms with E-state index in [-0.39, 0.29) is 5.41 Å². The first kappa shape index (κ1) is 9.04. The monoisotopic (exact) mass is 195 g/mol. The number of nitrogens with one attached hydrogen (secondary N) is 1. The molecule has 1 aromatic carbocycles. The SMILES string of the molecule is CC1(c2cccc(Cl)c2)CCNC1. The molecule has 0 aromatic heterocycles. The standard InChI is InChI=1S/C11H14ClN/c1-11(5-6-13-8-11)9-3-2-4-10(12)7-9/h2-4,7,13H,5-6,8H2,1H3. The van der Waals surface area contributed by atoms with Crippen LogP contribution >= 0.6 is 11.6 Å². The molecular weight excluding hydrogens is 182 g/mol. The maximum atomic E-state index is 5.96. The number of hydrogen-bond acceptors (Lipinski definition) is 1. The van der Waals surface area contributed by atoms with Gasteiger partial charge in [0.15, 0.2) is 0 Å². The van der Waals surface area contributed by atoms with Gasteiger partial charge in [-0.15, -0.1) is 0 Å². The van der Waals surface area contributed by atoms with Crippen LogP contribution in [-0.2, 0) is 5.41 Å². The summed E-state index contributed by atoms with van der Waals surface area (Å²) in [5.74, 6) is 0. The molecule has 1 unspecified atom stereocenters. The molecule has 1 aliphatic heterocycles. The molecule has 2 rings (SSSR count). The zero-order valence-corrected chi connectivity index (χ0v) is 8.56. The van der Waals surface area contributed by atoms with Crippen LogP contribution in [-0.4, -0.2) is 13.1 Å². The molecule has 1 fully saturated rings. The van der Waals surface area contributed by atoms with E-state index in [4.69, 9.17) is 11.6 Å². The lowest BCUT2D eigenvalue weighted by molar-refractivity contribution is 0.525. The Morgan fingerprint density at radius 2 is 2.31 bits per heavy atom. The first-order valence-electron chi connectivity index (χ1n) is 4.67. The Balaban J connectivity index is 2.33. The molecule has 1 aromatic rings. The van der Waals surface area contributed by atoms with E-state index in [1.54, 1.807) is 0 Å². The summed E-state index contributed by atoms with van der Waals surface area (Å²) >= 11 is 5.96. The van der Waals surface area contributed by atoms with Gasteiger partial charge in [0.2, 0.25) is 0 Å². The molecule has 0 radical (unpaired) electrons. The topological polar surface area (TPSA) is 12.0 Å². The van der Waals surface area contributed by atoms with E-state index >= 15 is 0 Å². The Bertz CT molecular complexity index is 303. The maximum Gasteiger partial charge on any atom is 0.0408 e. The summed E-state index contributed by atoms with van der Waals surface area (Å²) in [5, 5.41) is 4.23. The lowest BCUT2D eigenvalue weighted by atomic mass is 9.82. The Kier molecular flexibility index (Phi) is 2.31. The molecular formula is C11H14ClN. The summed E-state index contributed by atoms with van der Waals surface area (Å²) in [7, 11) is 0. The van der Waals surface area contributed by atoms with Gasteiger partial charge in [0.1, 0.15) is 0 Å². The zero-order chi connectivity index (χ0) is 9.31. The van der Waals surface area contributed by atoms with Gasteiger partial charge in [0.05, 0.1) is 0 Å². The molecule has 0 bridgehead atoms. The van der Waals surface area contributed by atoms with Gasteiger partial charge in [0, 0.05) is 17.0 Å². The van der Waals surface area contributed by atoms with Crippen molar-refractivity contribution < 1.29 is 0 Å². The van der Waals surface area contributed by atoms with Crippen molar-refractivity contribution in [2.24, 2.45) is 0 Å². The van der Waals surface area contributed by atoms with E-state index in [9.17, 15) is 0 Å². The Morgan fingerprint density at radius 3 is 2.92 bits per heavy atom. The summed E-state index contributed by atoms with van der Waals surface area (Å²) in [5.41, 5.74) is 1.63. The number of benzene rings is 1. The number of halogens is 1. The first-order valence-corrected chi connectivity index (χ1v) is 5.05. The quantitative estimate of drug-likeness (QED) is 0.727. The molecule has 1 saturated heterocycles. The first-order chi connectivity index (χ1) is 6.21. The molecule has 1 nitrogen and oxygen atoms in total. The van der Waals surface area contributed by atoms with Crippen LogP contribution in [0.15, 0.2) is 24.3 Å². The van der Waals surface area contributed by atoms with Crippen molar-refractivity contribution in [1.82, 2.24) is 5.32 Å². The van der Waals surface area contributed by atoms with E-state index in [0.29, 0.717) is 0 Å². The fraction of sp³-hybridized carbons (Fsp3) is 0.455. The van der Waals surface area contributed by atoms with Crippen molar-refractivity contribution in [1.29, 1.82) is 0 Å². The highest BCUT2D eigenvalue weighted by Gasteiger charge is 2.30. The van der Waals surface area contributed by atoms with Gasteiger partial charge in [0.25, 0.3) is 0 Å². The Hall–Kier alpha value is -0.530. The van der Waals surface area contributed by atoms with E-state index in [1.165, 1.54) is 12.0 Å². The fourth-order valence-corrected chi connectivity index (χ4v) is 2.12. The van der Waals surface area contributed by atoms with Gasteiger partial charge in [-0.1, -0.05) is 30.7 Å². The normalized spacial score (nSPS) is 27.8. The third-order valence-electron chi connectivity index (χ3n) is 2.89. The summed E-state index contributed by atoms with van der Waals surface area (Å²) in [6, 6.07) is 8.20. The summed E-state index contributed by atoms with van der Waals surface area (Å²) in [6.45, 7) is 4.47. The van der Waals surface area contributed by atoms with Crippen LogP contribution in [0.2, 0.25) is 5.02 Å². The highest BCUT2D eigenvalue weighted by atomic mass is 35.5. The Labute approximate surface area is 84.1 Å². The van der Waals surface area contributed by atoms with Gasteiger partial charge in [-0.3, -0.25) is 0 Å². The molecule has 1 aliphatic rings. The maximum absolute atomic E-state index is 5.96. The second-order valence-electron chi connectivity index (χ2n) is 4.00. The third-order valence-corrected chi connectivity index (χ3v) is 3.13. The minimum absolute atomic E-state index is 0.283. The minimum atomic E-state index is 0.283. The van der Waals surface area contributed by atoms with Crippen LogP contribution in [0.4, 0.5) is 0 Å².